The molecule has 0 fully saturated rings. The largest absolute Gasteiger partial charge is 0.304 e. The van der Waals surface area contributed by atoms with Gasteiger partial charge in [-0.2, -0.15) is 5.10 Å². The number of nitrogens with zero attached hydrogens (tertiary/aromatic N) is 5. The summed E-state index contributed by atoms with van der Waals surface area (Å²) in [6.45, 7) is 0. The molecule has 1 amide bonds. The first-order valence-electron chi connectivity index (χ1n) is 7.62. The summed E-state index contributed by atoms with van der Waals surface area (Å²) in [5.74, 6) is 0.00658. The summed E-state index contributed by atoms with van der Waals surface area (Å²) in [6.07, 6.45) is 4.72. The van der Waals surface area contributed by atoms with Gasteiger partial charge in [0.25, 0.3) is 5.91 Å². The number of fused-ring (bicyclic) bond motifs is 1. The van der Waals surface area contributed by atoms with Crippen LogP contribution in [0.5, 0.6) is 0 Å². The van der Waals surface area contributed by atoms with Crippen molar-refractivity contribution in [3.63, 3.8) is 0 Å². The zero-order chi connectivity index (χ0) is 18.3. The lowest BCUT2D eigenvalue weighted by molar-refractivity contribution is 0.101. The van der Waals surface area contributed by atoms with E-state index in [9.17, 15) is 9.18 Å². The van der Waals surface area contributed by atoms with Crippen LogP contribution in [0.2, 0.25) is 5.02 Å². The second-order valence-corrected chi connectivity index (χ2v) is 5.93. The quantitative estimate of drug-likeness (QED) is 0.601. The molecule has 7 nitrogen and oxygen atoms in total. The third-order valence-corrected chi connectivity index (χ3v) is 4.14. The van der Waals surface area contributed by atoms with Crippen molar-refractivity contribution in [3.8, 4) is 11.3 Å². The normalized spacial score (nSPS) is 11.0. The van der Waals surface area contributed by atoms with Crippen molar-refractivity contribution in [1.29, 1.82) is 0 Å². The summed E-state index contributed by atoms with van der Waals surface area (Å²) in [4.78, 5) is 21.4. The van der Waals surface area contributed by atoms with E-state index in [0.29, 0.717) is 22.9 Å². The number of halogens is 2. The Balaban J connectivity index is 1.84. The topological polar surface area (TPSA) is 77.1 Å². The fraction of sp³-hybridized carbons (Fsp3) is 0.0588. The molecule has 0 atom stereocenters. The Morgan fingerprint density at radius 2 is 2.04 bits per heavy atom. The van der Waals surface area contributed by atoms with Gasteiger partial charge >= 0.3 is 0 Å². The smallest absolute Gasteiger partial charge is 0.276 e. The predicted molar refractivity (Wildman–Crippen MR) is 94.6 cm³/mol. The number of carbonyl (C=O) groups is 1. The minimum atomic E-state index is -0.441. The number of amides is 1. The minimum absolute atomic E-state index is 0.218. The van der Waals surface area contributed by atoms with Crippen LogP contribution in [0.3, 0.4) is 0 Å². The number of anilines is 1. The summed E-state index contributed by atoms with van der Waals surface area (Å²) < 4.78 is 16.3. The van der Waals surface area contributed by atoms with E-state index in [0.717, 1.165) is 0 Å². The molecule has 9 heteroatoms. The van der Waals surface area contributed by atoms with E-state index < -0.39 is 5.91 Å². The van der Waals surface area contributed by atoms with E-state index in [-0.39, 0.29) is 16.5 Å². The molecule has 0 radical (unpaired) electrons. The number of imidazole rings is 1. The summed E-state index contributed by atoms with van der Waals surface area (Å²) in [6, 6.07) is 7.55. The highest BCUT2D eigenvalue weighted by molar-refractivity contribution is 6.34. The Morgan fingerprint density at radius 3 is 2.73 bits per heavy atom. The second-order valence-electron chi connectivity index (χ2n) is 5.52. The molecule has 0 unspecified atom stereocenters. The second kappa shape index (κ2) is 6.23. The molecule has 0 saturated heterocycles. The standard InChI is InChI=1S/C17H12ClFN6O/c1-24-14(12(18)9-21-24)16(26)23-15-13(10-3-5-11(19)6-4-10)22-17-20-7-2-8-25(15)17/h2-9H,1H3,(H,23,26). The van der Waals surface area contributed by atoms with E-state index in [4.69, 9.17) is 11.6 Å². The summed E-state index contributed by atoms with van der Waals surface area (Å²) in [5.41, 5.74) is 1.33. The van der Waals surface area contributed by atoms with Crippen molar-refractivity contribution in [3.05, 3.63) is 65.5 Å². The number of hydrogen-bond donors (Lipinski definition) is 1. The lowest BCUT2D eigenvalue weighted by Gasteiger charge is -2.08. The summed E-state index contributed by atoms with van der Waals surface area (Å²) >= 11 is 6.05. The lowest BCUT2D eigenvalue weighted by Crippen LogP contribution is -2.18. The molecule has 0 bridgehead atoms. The lowest BCUT2D eigenvalue weighted by atomic mass is 10.1. The van der Waals surface area contributed by atoms with Crippen molar-refractivity contribution in [2.75, 3.05) is 5.32 Å². The van der Waals surface area contributed by atoms with Crippen LogP contribution < -0.4 is 5.32 Å². The van der Waals surface area contributed by atoms with Crippen LogP contribution in [0.4, 0.5) is 10.2 Å². The Labute approximate surface area is 152 Å². The number of hydrogen-bond acceptors (Lipinski definition) is 4. The fourth-order valence-corrected chi connectivity index (χ4v) is 2.90. The maximum Gasteiger partial charge on any atom is 0.276 e. The van der Waals surface area contributed by atoms with Crippen LogP contribution in [0.25, 0.3) is 17.0 Å². The molecular formula is C17H12ClFN6O. The zero-order valence-electron chi connectivity index (χ0n) is 13.5. The average molecular weight is 371 g/mol. The van der Waals surface area contributed by atoms with Crippen LogP contribution in [-0.2, 0) is 7.05 Å². The van der Waals surface area contributed by atoms with Gasteiger partial charge in [-0.3, -0.25) is 13.9 Å². The van der Waals surface area contributed by atoms with Gasteiger partial charge in [0.1, 0.15) is 23.0 Å². The molecule has 4 rings (SSSR count). The highest BCUT2D eigenvalue weighted by Crippen LogP contribution is 2.29. The van der Waals surface area contributed by atoms with Crippen LogP contribution in [-0.4, -0.2) is 30.1 Å². The Hall–Kier alpha value is -3.26. The Bertz CT molecular complexity index is 1100. The van der Waals surface area contributed by atoms with Crippen molar-refractivity contribution in [1.82, 2.24) is 24.1 Å². The summed E-state index contributed by atoms with van der Waals surface area (Å²) in [5, 5.41) is 7.02. The van der Waals surface area contributed by atoms with Gasteiger partial charge in [-0.15, -0.1) is 0 Å². The average Bonchev–Trinajstić information content (AvgIpc) is 3.16. The molecule has 0 aliphatic carbocycles. The van der Waals surface area contributed by atoms with Crippen molar-refractivity contribution < 1.29 is 9.18 Å². The monoisotopic (exact) mass is 370 g/mol. The van der Waals surface area contributed by atoms with Gasteiger partial charge in [-0.25, -0.2) is 14.4 Å². The van der Waals surface area contributed by atoms with Crippen molar-refractivity contribution in [2.24, 2.45) is 7.05 Å². The number of aromatic nitrogens is 5. The molecule has 0 spiro atoms. The first-order chi connectivity index (χ1) is 12.5. The zero-order valence-corrected chi connectivity index (χ0v) is 14.3. The molecule has 4 aromatic rings. The predicted octanol–water partition coefficient (Wildman–Crippen LogP) is 3.17. The summed E-state index contributed by atoms with van der Waals surface area (Å²) in [7, 11) is 1.62. The molecule has 0 aliphatic heterocycles. The molecule has 1 N–H and O–H groups in total. The van der Waals surface area contributed by atoms with Gasteiger partial charge in [0.2, 0.25) is 5.78 Å². The van der Waals surface area contributed by atoms with Crippen molar-refractivity contribution in [2.45, 2.75) is 0 Å². The van der Waals surface area contributed by atoms with Gasteiger partial charge in [-0.05, 0) is 30.3 Å². The molecule has 0 aliphatic rings. The fourth-order valence-electron chi connectivity index (χ4n) is 2.65. The Morgan fingerprint density at radius 1 is 1.27 bits per heavy atom. The maximum atomic E-state index is 13.3. The first-order valence-corrected chi connectivity index (χ1v) is 8.00. The maximum absolute atomic E-state index is 13.3. The highest BCUT2D eigenvalue weighted by atomic mass is 35.5. The van der Waals surface area contributed by atoms with E-state index in [1.807, 2.05) is 0 Å². The van der Waals surface area contributed by atoms with Crippen LogP contribution >= 0.6 is 11.6 Å². The van der Waals surface area contributed by atoms with Crippen LogP contribution in [0.1, 0.15) is 10.5 Å². The SMILES string of the molecule is Cn1ncc(Cl)c1C(=O)Nc1c(-c2ccc(F)cc2)nc2ncccn12. The third kappa shape index (κ3) is 2.70. The molecule has 1 aromatic carbocycles. The first kappa shape index (κ1) is 16.2. The van der Waals surface area contributed by atoms with Gasteiger partial charge in [0, 0.05) is 25.0 Å². The molecule has 0 saturated carbocycles. The number of benzene rings is 1. The minimum Gasteiger partial charge on any atom is -0.304 e. The van der Waals surface area contributed by atoms with Crippen molar-refractivity contribution >= 4 is 29.1 Å². The molecule has 3 heterocycles. The third-order valence-electron chi connectivity index (χ3n) is 3.86. The van der Waals surface area contributed by atoms with Gasteiger partial charge in [-0.1, -0.05) is 11.6 Å². The molecule has 3 aromatic heterocycles. The van der Waals surface area contributed by atoms with E-state index in [2.05, 4.69) is 20.4 Å². The number of carbonyl (C=O) groups excluding carboxylic acids is 1. The molecular weight excluding hydrogens is 359 g/mol. The van der Waals surface area contributed by atoms with Gasteiger partial charge < -0.3 is 5.32 Å². The van der Waals surface area contributed by atoms with Crippen LogP contribution in [0.15, 0.2) is 48.9 Å². The number of nitrogens with one attached hydrogen (secondary N) is 1. The van der Waals surface area contributed by atoms with E-state index in [1.54, 1.807) is 42.0 Å². The van der Waals surface area contributed by atoms with E-state index >= 15 is 0 Å². The highest BCUT2D eigenvalue weighted by Gasteiger charge is 2.21. The number of aryl methyl sites for hydroxylation is 1. The molecule has 130 valence electrons. The van der Waals surface area contributed by atoms with Gasteiger partial charge in [0.05, 0.1) is 11.2 Å². The Kier molecular flexibility index (Phi) is 3.89. The molecule has 26 heavy (non-hydrogen) atoms. The number of rotatable bonds is 3. The van der Waals surface area contributed by atoms with Crippen LogP contribution in [0, 0.1) is 5.82 Å². The van der Waals surface area contributed by atoms with E-state index in [1.165, 1.54) is 23.0 Å². The van der Waals surface area contributed by atoms with Gasteiger partial charge in [0.15, 0.2) is 0 Å².